The van der Waals surface area contributed by atoms with Gasteiger partial charge in [0.05, 0.1) is 11.8 Å². The van der Waals surface area contributed by atoms with E-state index >= 15 is 0 Å². The first-order valence-electron chi connectivity index (χ1n) is 5.81. The molecule has 1 N–H and O–H groups in total. The summed E-state index contributed by atoms with van der Waals surface area (Å²) in [6, 6.07) is 15.3. The summed E-state index contributed by atoms with van der Waals surface area (Å²) in [5.41, 5.74) is 5.30. The maximum Gasteiger partial charge on any atom is 0.272 e. The van der Waals surface area contributed by atoms with E-state index in [0.29, 0.717) is 5.56 Å². The van der Waals surface area contributed by atoms with Crippen LogP contribution in [0, 0.1) is 10.5 Å². The standard InChI is InChI=1S/C15H13IN2O/c1-11-6-8-12(9-7-11)10-17-18-15(19)13-4-2-3-5-14(13)16/h2-10H,1H3,(H,18,19)/b17-10+. The van der Waals surface area contributed by atoms with Gasteiger partial charge in [0, 0.05) is 3.57 Å². The van der Waals surface area contributed by atoms with E-state index in [-0.39, 0.29) is 5.91 Å². The lowest BCUT2D eigenvalue weighted by molar-refractivity contribution is 0.0954. The molecule has 0 radical (unpaired) electrons. The van der Waals surface area contributed by atoms with E-state index in [9.17, 15) is 4.79 Å². The predicted octanol–water partition coefficient (Wildman–Crippen LogP) is 3.36. The second-order valence-electron chi connectivity index (χ2n) is 4.09. The zero-order chi connectivity index (χ0) is 13.7. The quantitative estimate of drug-likeness (QED) is 0.507. The number of benzene rings is 2. The predicted molar refractivity (Wildman–Crippen MR) is 85.4 cm³/mol. The molecule has 0 saturated carbocycles. The highest BCUT2D eigenvalue weighted by atomic mass is 127. The molecule has 2 aromatic rings. The minimum atomic E-state index is -0.201. The van der Waals surface area contributed by atoms with Crippen LogP contribution in [0.3, 0.4) is 0 Å². The smallest absolute Gasteiger partial charge is 0.267 e. The van der Waals surface area contributed by atoms with Crippen LogP contribution >= 0.6 is 22.6 Å². The van der Waals surface area contributed by atoms with E-state index < -0.39 is 0 Å². The Morgan fingerprint density at radius 1 is 1.16 bits per heavy atom. The maximum absolute atomic E-state index is 11.9. The van der Waals surface area contributed by atoms with E-state index in [1.807, 2.05) is 49.4 Å². The number of rotatable bonds is 3. The Labute approximate surface area is 125 Å². The van der Waals surface area contributed by atoms with Crippen molar-refractivity contribution < 1.29 is 4.79 Å². The molecule has 0 unspecified atom stereocenters. The van der Waals surface area contributed by atoms with E-state index in [2.05, 4.69) is 33.1 Å². The first kappa shape index (κ1) is 13.7. The van der Waals surface area contributed by atoms with Gasteiger partial charge in [-0.2, -0.15) is 5.10 Å². The maximum atomic E-state index is 11.9. The summed E-state index contributed by atoms with van der Waals surface area (Å²) in [6.07, 6.45) is 1.63. The number of hydrogen-bond donors (Lipinski definition) is 1. The lowest BCUT2D eigenvalue weighted by Gasteiger charge is -2.01. The SMILES string of the molecule is Cc1ccc(/C=N/NC(=O)c2ccccc2I)cc1. The van der Waals surface area contributed by atoms with Crippen molar-refractivity contribution in [3.05, 3.63) is 68.8 Å². The van der Waals surface area contributed by atoms with Crippen LogP contribution < -0.4 is 5.43 Å². The zero-order valence-electron chi connectivity index (χ0n) is 10.4. The normalized spacial score (nSPS) is 10.6. The molecule has 4 heteroatoms. The van der Waals surface area contributed by atoms with Crippen molar-refractivity contribution in [3.63, 3.8) is 0 Å². The second-order valence-corrected chi connectivity index (χ2v) is 5.25. The van der Waals surface area contributed by atoms with Crippen molar-refractivity contribution in [2.45, 2.75) is 6.92 Å². The number of hydrazone groups is 1. The summed E-state index contributed by atoms with van der Waals surface area (Å²) in [5, 5.41) is 3.96. The summed E-state index contributed by atoms with van der Waals surface area (Å²) >= 11 is 2.13. The molecular formula is C15H13IN2O. The highest BCUT2D eigenvalue weighted by molar-refractivity contribution is 14.1. The first-order valence-corrected chi connectivity index (χ1v) is 6.89. The van der Waals surface area contributed by atoms with Gasteiger partial charge in [-0.1, -0.05) is 42.0 Å². The molecule has 0 bridgehead atoms. The van der Waals surface area contributed by atoms with Crippen molar-refractivity contribution in [1.82, 2.24) is 5.43 Å². The number of carbonyl (C=O) groups is 1. The Morgan fingerprint density at radius 3 is 2.53 bits per heavy atom. The molecule has 2 aromatic carbocycles. The average molecular weight is 364 g/mol. The topological polar surface area (TPSA) is 41.5 Å². The van der Waals surface area contributed by atoms with Crippen LogP contribution in [0.2, 0.25) is 0 Å². The fraction of sp³-hybridized carbons (Fsp3) is 0.0667. The third-order valence-corrected chi connectivity index (χ3v) is 3.52. The third kappa shape index (κ3) is 3.89. The summed E-state index contributed by atoms with van der Waals surface area (Å²) < 4.78 is 0.906. The van der Waals surface area contributed by atoms with Crippen molar-refractivity contribution in [3.8, 4) is 0 Å². The van der Waals surface area contributed by atoms with Gasteiger partial charge in [-0.05, 0) is 47.2 Å². The fourth-order valence-electron chi connectivity index (χ4n) is 1.52. The first-order chi connectivity index (χ1) is 9.16. The van der Waals surface area contributed by atoms with Crippen LogP contribution in [-0.4, -0.2) is 12.1 Å². The van der Waals surface area contributed by atoms with Crippen LogP contribution in [0.15, 0.2) is 53.6 Å². The van der Waals surface area contributed by atoms with Crippen LogP contribution in [0.4, 0.5) is 0 Å². The number of aryl methyl sites for hydroxylation is 1. The Hall–Kier alpha value is -1.69. The highest BCUT2D eigenvalue weighted by Crippen LogP contribution is 2.10. The van der Waals surface area contributed by atoms with E-state index in [1.165, 1.54) is 5.56 Å². The Balaban J connectivity index is 2.01. The minimum Gasteiger partial charge on any atom is -0.267 e. The van der Waals surface area contributed by atoms with Gasteiger partial charge in [-0.3, -0.25) is 4.79 Å². The van der Waals surface area contributed by atoms with Gasteiger partial charge in [0.2, 0.25) is 0 Å². The molecule has 0 fully saturated rings. The van der Waals surface area contributed by atoms with Crippen LogP contribution in [0.1, 0.15) is 21.5 Å². The van der Waals surface area contributed by atoms with Gasteiger partial charge in [0.25, 0.3) is 5.91 Å². The van der Waals surface area contributed by atoms with Crippen molar-refractivity contribution in [1.29, 1.82) is 0 Å². The molecule has 96 valence electrons. The molecule has 19 heavy (non-hydrogen) atoms. The number of hydrogen-bond acceptors (Lipinski definition) is 2. The van der Waals surface area contributed by atoms with Gasteiger partial charge in [0.1, 0.15) is 0 Å². The molecule has 2 rings (SSSR count). The summed E-state index contributed by atoms with van der Waals surface area (Å²) in [6.45, 7) is 2.03. The largest absolute Gasteiger partial charge is 0.272 e. The van der Waals surface area contributed by atoms with Crippen LogP contribution in [-0.2, 0) is 0 Å². The van der Waals surface area contributed by atoms with E-state index in [4.69, 9.17) is 0 Å². The van der Waals surface area contributed by atoms with Gasteiger partial charge >= 0.3 is 0 Å². The lowest BCUT2D eigenvalue weighted by atomic mass is 10.2. The van der Waals surface area contributed by atoms with Crippen LogP contribution in [0.5, 0.6) is 0 Å². The molecule has 0 saturated heterocycles. The van der Waals surface area contributed by atoms with Crippen molar-refractivity contribution in [2.24, 2.45) is 5.10 Å². The zero-order valence-corrected chi connectivity index (χ0v) is 12.6. The molecule has 0 spiro atoms. The van der Waals surface area contributed by atoms with Gasteiger partial charge < -0.3 is 0 Å². The molecule has 0 atom stereocenters. The van der Waals surface area contributed by atoms with Gasteiger partial charge in [0.15, 0.2) is 0 Å². The highest BCUT2D eigenvalue weighted by Gasteiger charge is 2.07. The molecule has 0 aromatic heterocycles. The molecular weight excluding hydrogens is 351 g/mol. The third-order valence-electron chi connectivity index (χ3n) is 2.58. The molecule has 0 heterocycles. The molecule has 0 aliphatic heterocycles. The summed E-state index contributed by atoms with van der Waals surface area (Å²) in [4.78, 5) is 11.9. The molecule has 1 amide bonds. The molecule has 0 aliphatic carbocycles. The minimum absolute atomic E-state index is 0.201. The van der Waals surface area contributed by atoms with Crippen molar-refractivity contribution >= 4 is 34.7 Å². The van der Waals surface area contributed by atoms with Crippen LogP contribution in [0.25, 0.3) is 0 Å². The number of nitrogens with zero attached hydrogens (tertiary/aromatic N) is 1. The number of carbonyl (C=O) groups excluding carboxylic acids is 1. The number of halogens is 1. The summed E-state index contributed by atoms with van der Waals surface area (Å²) in [7, 11) is 0. The summed E-state index contributed by atoms with van der Waals surface area (Å²) in [5.74, 6) is -0.201. The van der Waals surface area contributed by atoms with E-state index in [1.54, 1.807) is 12.3 Å². The average Bonchev–Trinajstić information content (AvgIpc) is 2.41. The number of amides is 1. The molecule has 3 nitrogen and oxygen atoms in total. The van der Waals surface area contributed by atoms with Crippen molar-refractivity contribution in [2.75, 3.05) is 0 Å². The number of nitrogens with one attached hydrogen (secondary N) is 1. The monoisotopic (exact) mass is 364 g/mol. The Kier molecular flexibility index (Phi) is 4.68. The fourth-order valence-corrected chi connectivity index (χ4v) is 2.16. The lowest BCUT2D eigenvalue weighted by Crippen LogP contribution is -2.18. The molecule has 0 aliphatic rings. The Bertz CT molecular complexity index is 606. The second kappa shape index (κ2) is 6.47. The Morgan fingerprint density at radius 2 is 1.84 bits per heavy atom. The van der Waals surface area contributed by atoms with E-state index in [0.717, 1.165) is 9.13 Å². The van der Waals surface area contributed by atoms with Gasteiger partial charge in [-0.25, -0.2) is 5.43 Å². The van der Waals surface area contributed by atoms with Gasteiger partial charge in [-0.15, -0.1) is 0 Å².